The fourth-order valence-corrected chi connectivity index (χ4v) is 8.06. The van der Waals surface area contributed by atoms with Gasteiger partial charge in [0, 0.05) is 13.1 Å². The van der Waals surface area contributed by atoms with Crippen LogP contribution < -0.4 is 9.47 Å². The van der Waals surface area contributed by atoms with Crippen molar-refractivity contribution in [2.24, 2.45) is 17.3 Å². The number of phenolic OH excluding ortho intramolecular Hbond substituents is 1. The van der Waals surface area contributed by atoms with Gasteiger partial charge in [0.05, 0.1) is 19.6 Å². The molecule has 0 spiro atoms. The van der Waals surface area contributed by atoms with Crippen LogP contribution in [0, 0.1) is 17.3 Å². The summed E-state index contributed by atoms with van der Waals surface area (Å²) in [7, 11) is 3.33. The number of hydrogen-bond donors (Lipinski definition) is 1. The van der Waals surface area contributed by atoms with Gasteiger partial charge < -0.3 is 19.5 Å². The topological polar surface area (TPSA) is 59.0 Å². The number of hydrogen-bond acceptors (Lipinski definition) is 4. The van der Waals surface area contributed by atoms with E-state index in [4.69, 9.17) is 9.47 Å². The SMILES string of the molecule is COc1cc2c(cc1OC)CN(C(=O)C13CC4CC(C1)CC(c1ccc(O)cc1)(C4)C3)CC2. The van der Waals surface area contributed by atoms with Gasteiger partial charge in [-0.3, -0.25) is 4.79 Å². The van der Waals surface area contributed by atoms with Gasteiger partial charge in [-0.1, -0.05) is 12.1 Å². The zero-order valence-electron chi connectivity index (χ0n) is 19.6. The predicted molar refractivity (Wildman–Crippen MR) is 126 cm³/mol. The third kappa shape index (κ3) is 3.23. The predicted octanol–water partition coefficient (Wildman–Crippen LogP) is 4.83. The van der Waals surface area contributed by atoms with E-state index in [1.165, 1.54) is 36.0 Å². The molecule has 1 N–H and O–H groups in total. The molecule has 4 bridgehead atoms. The van der Waals surface area contributed by atoms with E-state index in [-0.39, 0.29) is 10.8 Å². The van der Waals surface area contributed by atoms with E-state index < -0.39 is 0 Å². The molecule has 33 heavy (non-hydrogen) atoms. The van der Waals surface area contributed by atoms with Gasteiger partial charge in [0.2, 0.25) is 5.91 Å². The quantitative estimate of drug-likeness (QED) is 0.729. The van der Waals surface area contributed by atoms with Crippen molar-refractivity contribution in [3.8, 4) is 17.2 Å². The number of rotatable bonds is 4. The van der Waals surface area contributed by atoms with Crippen molar-refractivity contribution in [2.45, 2.75) is 56.9 Å². The van der Waals surface area contributed by atoms with E-state index in [1.807, 2.05) is 18.2 Å². The summed E-state index contributed by atoms with van der Waals surface area (Å²) in [5.74, 6) is 3.42. The Morgan fingerprint density at radius 2 is 1.61 bits per heavy atom. The average Bonchev–Trinajstić information content (AvgIpc) is 2.81. The number of carbonyl (C=O) groups excluding carboxylic acids is 1. The normalized spacial score (nSPS) is 31.9. The van der Waals surface area contributed by atoms with Gasteiger partial charge in [0.15, 0.2) is 11.5 Å². The first-order valence-electron chi connectivity index (χ1n) is 12.3. The van der Waals surface area contributed by atoms with Crippen molar-refractivity contribution in [2.75, 3.05) is 20.8 Å². The van der Waals surface area contributed by atoms with E-state index in [2.05, 4.69) is 23.1 Å². The highest BCUT2D eigenvalue weighted by atomic mass is 16.5. The summed E-state index contributed by atoms with van der Waals surface area (Å²) in [5.41, 5.74) is 3.58. The lowest BCUT2D eigenvalue weighted by Crippen LogP contribution is -2.60. The number of carbonyl (C=O) groups is 1. The molecular weight excluding hydrogens is 414 g/mol. The molecule has 174 valence electrons. The van der Waals surface area contributed by atoms with Crippen LogP contribution in [0.2, 0.25) is 0 Å². The number of methoxy groups -OCH3 is 2. The number of nitrogens with zero attached hydrogens (tertiary/aromatic N) is 1. The van der Waals surface area contributed by atoms with Crippen LogP contribution >= 0.6 is 0 Å². The van der Waals surface area contributed by atoms with Gasteiger partial charge >= 0.3 is 0 Å². The smallest absolute Gasteiger partial charge is 0.229 e. The summed E-state index contributed by atoms with van der Waals surface area (Å²) in [6, 6.07) is 11.9. The third-order valence-corrected chi connectivity index (χ3v) is 9.00. The van der Waals surface area contributed by atoms with Crippen molar-refractivity contribution in [3.05, 3.63) is 53.1 Å². The summed E-state index contributed by atoms with van der Waals surface area (Å²) < 4.78 is 11.0. The van der Waals surface area contributed by atoms with Gasteiger partial charge in [-0.15, -0.1) is 0 Å². The van der Waals surface area contributed by atoms with Crippen LogP contribution in [-0.2, 0) is 23.2 Å². The second-order valence-electron chi connectivity index (χ2n) is 11.0. The largest absolute Gasteiger partial charge is 0.508 e. The first kappa shape index (κ1) is 20.9. The number of ether oxygens (including phenoxy) is 2. The Morgan fingerprint density at radius 1 is 0.970 bits per heavy atom. The van der Waals surface area contributed by atoms with Crippen LogP contribution in [0.1, 0.15) is 55.2 Å². The molecule has 2 unspecified atom stereocenters. The van der Waals surface area contributed by atoms with Gasteiger partial charge in [0.25, 0.3) is 0 Å². The zero-order chi connectivity index (χ0) is 22.8. The molecule has 1 amide bonds. The maximum atomic E-state index is 14.2. The minimum Gasteiger partial charge on any atom is -0.508 e. The standard InChI is InChI=1S/C28H33NO4/c1-32-24-10-20-7-8-29(16-21(20)11-25(24)33-2)26(31)28-14-18-9-19(15-28)13-27(12-18,17-28)22-3-5-23(30)6-4-22/h3-6,10-11,18-19,30H,7-9,12-17H2,1-2H3. The van der Waals surface area contributed by atoms with Gasteiger partial charge in [0.1, 0.15) is 5.75 Å². The van der Waals surface area contributed by atoms with E-state index in [0.717, 1.165) is 43.7 Å². The zero-order valence-corrected chi connectivity index (χ0v) is 19.6. The van der Waals surface area contributed by atoms with Crippen LogP contribution in [0.5, 0.6) is 17.2 Å². The fraction of sp³-hybridized carbons (Fsp3) is 0.536. The minimum absolute atomic E-state index is 0.0811. The van der Waals surface area contributed by atoms with Crippen molar-refractivity contribution >= 4 is 5.91 Å². The molecule has 1 heterocycles. The van der Waals surface area contributed by atoms with Crippen LogP contribution in [-0.4, -0.2) is 36.7 Å². The molecule has 5 aliphatic rings. The van der Waals surface area contributed by atoms with Crippen molar-refractivity contribution in [3.63, 3.8) is 0 Å². The number of aromatic hydroxyl groups is 1. The summed E-state index contributed by atoms with van der Waals surface area (Å²) in [6.07, 6.45) is 7.52. The number of phenols is 1. The number of fused-ring (bicyclic) bond motifs is 1. The van der Waals surface area contributed by atoms with Gasteiger partial charge in [-0.05, 0) is 103 Å². The van der Waals surface area contributed by atoms with Crippen molar-refractivity contribution in [1.29, 1.82) is 0 Å². The Balaban J connectivity index is 1.30. The van der Waals surface area contributed by atoms with E-state index >= 15 is 0 Å². The van der Waals surface area contributed by atoms with E-state index in [1.54, 1.807) is 14.2 Å². The molecule has 4 fully saturated rings. The molecule has 2 atom stereocenters. The Morgan fingerprint density at radius 3 is 2.24 bits per heavy atom. The molecule has 0 saturated heterocycles. The lowest BCUT2D eigenvalue weighted by Gasteiger charge is -2.62. The lowest BCUT2D eigenvalue weighted by molar-refractivity contribution is -0.161. The van der Waals surface area contributed by atoms with Crippen molar-refractivity contribution in [1.82, 2.24) is 4.90 Å². The fourth-order valence-electron chi connectivity index (χ4n) is 8.06. The second-order valence-corrected chi connectivity index (χ2v) is 11.0. The highest BCUT2D eigenvalue weighted by Crippen LogP contribution is 2.66. The highest BCUT2D eigenvalue weighted by molar-refractivity contribution is 5.84. The first-order valence-corrected chi connectivity index (χ1v) is 12.3. The molecule has 0 aromatic heterocycles. The van der Waals surface area contributed by atoms with Crippen LogP contribution in [0.25, 0.3) is 0 Å². The highest BCUT2D eigenvalue weighted by Gasteiger charge is 2.61. The van der Waals surface area contributed by atoms with Crippen LogP contribution in [0.15, 0.2) is 36.4 Å². The Hall–Kier alpha value is -2.69. The molecule has 4 aliphatic carbocycles. The molecule has 0 radical (unpaired) electrons. The summed E-state index contributed by atoms with van der Waals surface area (Å²) >= 11 is 0. The maximum Gasteiger partial charge on any atom is 0.229 e. The Kier molecular flexibility index (Phi) is 4.69. The van der Waals surface area contributed by atoms with Crippen molar-refractivity contribution < 1.29 is 19.4 Å². The molecule has 2 aromatic rings. The second kappa shape index (κ2) is 7.41. The third-order valence-electron chi connectivity index (χ3n) is 9.00. The van der Waals surface area contributed by atoms with Crippen LogP contribution in [0.4, 0.5) is 0 Å². The number of amides is 1. The molecule has 2 aromatic carbocycles. The molecule has 7 rings (SSSR count). The summed E-state index contributed by atoms with van der Waals surface area (Å²) in [4.78, 5) is 16.3. The minimum atomic E-state index is -0.240. The Labute approximate surface area is 195 Å². The number of benzene rings is 2. The lowest BCUT2D eigenvalue weighted by atomic mass is 9.42. The van der Waals surface area contributed by atoms with E-state index in [0.29, 0.717) is 30.0 Å². The summed E-state index contributed by atoms with van der Waals surface area (Å²) in [6.45, 7) is 1.42. The van der Waals surface area contributed by atoms with Gasteiger partial charge in [-0.25, -0.2) is 0 Å². The Bertz CT molecular complexity index is 1080. The molecule has 5 nitrogen and oxygen atoms in total. The molecule has 5 heteroatoms. The van der Waals surface area contributed by atoms with Gasteiger partial charge in [-0.2, -0.15) is 0 Å². The molecule has 1 aliphatic heterocycles. The molecule has 4 saturated carbocycles. The average molecular weight is 448 g/mol. The summed E-state index contributed by atoms with van der Waals surface area (Å²) in [5, 5.41) is 9.82. The maximum absolute atomic E-state index is 14.2. The van der Waals surface area contributed by atoms with Crippen LogP contribution in [0.3, 0.4) is 0 Å². The monoisotopic (exact) mass is 447 g/mol. The first-order chi connectivity index (χ1) is 15.9. The van der Waals surface area contributed by atoms with E-state index in [9.17, 15) is 9.90 Å². The molecular formula is C28H33NO4.